The summed E-state index contributed by atoms with van der Waals surface area (Å²) in [7, 11) is 0. The van der Waals surface area contributed by atoms with E-state index in [4.69, 9.17) is 4.74 Å². The summed E-state index contributed by atoms with van der Waals surface area (Å²) in [5.41, 5.74) is 2.57. The van der Waals surface area contributed by atoms with E-state index >= 15 is 0 Å². The average Bonchev–Trinajstić information content (AvgIpc) is 2.90. The number of benzene rings is 1. The summed E-state index contributed by atoms with van der Waals surface area (Å²) < 4.78 is 5.48. The highest BCUT2D eigenvalue weighted by Gasteiger charge is 2.46. The highest BCUT2D eigenvalue weighted by Crippen LogP contribution is 2.49. The number of Topliss-reactive ketones (excluding diaryl/α,β-unsaturated/α-hetero) is 1. The highest BCUT2D eigenvalue weighted by atomic mass is 16.5. The van der Waals surface area contributed by atoms with Crippen LogP contribution in [0.3, 0.4) is 0 Å². The number of hydrogen-bond acceptors (Lipinski definition) is 2. The van der Waals surface area contributed by atoms with Gasteiger partial charge in [-0.2, -0.15) is 0 Å². The first-order valence-corrected chi connectivity index (χ1v) is 5.95. The van der Waals surface area contributed by atoms with Gasteiger partial charge in [0.15, 0.2) is 0 Å². The van der Waals surface area contributed by atoms with Gasteiger partial charge in [-0.1, -0.05) is 12.1 Å². The van der Waals surface area contributed by atoms with Gasteiger partial charge < -0.3 is 4.74 Å². The van der Waals surface area contributed by atoms with Gasteiger partial charge in [0.1, 0.15) is 11.5 Å². The molecular weight excluding hydrogens is 200 g/mol. The monoisotopic (exact) mass is 216 g/mol. The van der Waals surface area contributed by atoms with E-state index in [2.05, 4.69) is 12.1 Å². The molecule has 0 bridgehead atoms. The Morgan fingerprint density at radius 3 is 2.94 bits per heavy atom. The van der Waals surface area contributed by atoms with Gasteiger partial charge in [-0.15, -0.1) is 0 Å². The SMILES string of the molecule is CC(=O)C1(Cc2ccc3c(c2)CCO3)CC1. The molecule has 0 unspecified atom stereocenters. The zero-order valence-electron chi connectivity index (χ0n) is 9.58. The van der Waals surface area contributed by atoms with Crippen molar-refractivity contribution in [2.24, 2.45) is 5.41 Å². The van der Waals surface area contributed by atoms with E-state index in [0.717, 1.165) is 38.0 Å². The third kappa shape index (κ3) is 1.53. The Morgan fingerprint density at radius 1 is 1.44 bits per heavy atom. The first-order chi connectivity index (χ1) is 7.70. The number of carbonyl (C=O) groups is 1. The Labute approximate surface area is 95.6 Å². The molecule has 0 aromatic heterocycles. The quantitative estimate of drug-likeness (QED) is 0.776. The minimum Gasteiger partial charge on any atom is -0.493 e. The van der Waals surface area contributed by atoms with Gasteiger partial charge >= 0.3 is 0 Å². The fraction of sp³-hybridized carbons (Fsp3) is 0.500. The van der Waals surface area contributed by atoms with Crippen LogP contribution < -0.4 is 4.74 Å². The van der Waals surface area contributed by atoms with Crippen LogP contribution in [0.15, 0.2) is 18.2 Å². The molecule has 0 N–H and O–H groups in total. The molecule has 2 aliphatic rings. The third-order valence-corrected chi connectivity index (χ3v) is 3.90. The lowest BCUT2D eigenvalue weighted by Gasteiger charge is -2.11. The van der Waals surface area contributed by atoms with E-state index < -0.39 is 0 Å². The molecule has 0 spiro atoms. The van der Waals surface area contributed by atoms with E-state index in [-0.39, 0.29) is 5.41 Å². The molecule has 0 saturated heterocycles. The highest BCUT2D eigenvalue weighted by molar-refractivity contribution is 5.85. The Kier molecular flexibility index (Phi) is 2.06. The molecule has 1 aliphatic carbocycles. The number of carbonyl (C=O) groups excluding carboxylic acids is 1. The standard InChI is InChI=1S/C14H16O2/c1-10(15)14(5-6-14)9-11-2-3-13-12(8-11)4-7-16-13/h2-3,8H,4-7,9H2,1H3. The fourth-order valence-electron chi connectivity index (χ4n) is 2.54. The molecule has 2 nitrogen and oxygen atoms in total. The van der Waals surface area contributed by atoms with E-state index in [9.17, 15) is 4.79 Å². The zero-order chi connectivity index (χ0) is 11.2. The molecule has 84 valence electrons. The van der Waals surface area contributed by atoms with Gasteiger partial charge in [0.2, 0.25) is 0 Å². The molecular formula is C14H16O2. The zero-order valence-corrected chi connectivity index (χ0v) is 9.58. The lowest BCUT2D eigenvalue weighted by molar-refractivity contribution is -0.121. The van der Waals surface area contributed by atoms with Gasteiger partial charge in [0.25, 0.3) is 0 Å². The number of ketones is 1. The van der Waals surface area contributed by atoms with Gasteiger partial charge in [0.05, 0.1) is 6.61 Å². The van der Waals surface area contributed by atoms with E-state index in [0.29, 0.717) is 5.78 Å². The summed E-state index contributed by atoms with van der Waals surface area (Å²) >= 11 is 0. The summed E-state index contributed by atoms with van der Waals surface area (Å²) in [5, 5.41) is 0. The van der Waals surface area contributed by atoms with Crippen molar-refractivity contribution in [1.82, 2.24) is 0 Å². The molecule has 1 heterocycles. The normalized spacial score (nSPS) is 20.1. The number of fused-ring (bicyclic) bond motifs is 1. The van der Waals surface area contributed by atoms with Gasteiger partial charge in [0, 0.05) is 11.8 Å². The Balaban J connectivity index is 1.83. The second-order valence-corrected chi connectivity index (χ2v) is 5.05. The molecule has 1 aromatic rings. The van der Waals surface area contributed by atoms with Crippen LogP contribution in [0.2, 0.25) is 0 Å². The molecule has 0 amide bonds. The smallest absolute Gasteiger partial charge is 0.136 e. The minimum absolute atomic E-state index is 0.0201. The molecule has 16 heavy (non-hydrogen) atoms. The van der Waals surface area contributed by atoms with Crippen molar-refractivity contribution in [2.45, 2.75) is 32.6 Å². The second kappa shape index (κ2) is 3.34. The van der Waals surface area contributed by atoms with Gasteiger partial charge in [-0.3, -0.25) is 4.79 Å². The Bertz CT molecular complexity index is 444. The lowest BCUT2D eigenvalue weighted by atomic mass is 9.92. The summed E-state index contributed by atoms with van der Waals surface area (Å²) in [4.78, 5) is 11.5. The Hall–Kier alpha value is -1.31. The van der Waals surface area contributed by atoms with Crippen LogP contribution >= 0.6 is 0 Å². The number of ether oxygens (including phenoxy) is 1. The largest absolute Gasteiger partial charge is 0.493 e. The predicted molar refractivity (Wildman–Crippen MR) is 61.7 cm³/mol. The van der Waals surface area contributed by atoms with E-state index in [1.54, 1.807) is 6.92 Å². The first-order valence-electron chi connectivity index (χ1n) is 5.95. The second-order valence-electron chi connectivity index (χ2n) is 5.05. The number of hydrogen-bond donors (Lipinski definition) is 0. The van der Waals surface area contributed by atoms with Crippen LogP contribution in [0.1, 0.15) is 30.9 Å². The Morgan fingerprint density at radius 2 is 2.25 bits per heavy atom. The molecule has 2 heteroatoms. The van der Waals surface area contributed by atoms with E-state index in [1.165, 1.54) is 11.1 Å². The van der Waals surface area contributed by atoms with Crippen molar-refractivity contribution < 1.29 is 9.53 Å². The van der Waals surface area contributed by atoms with Crippen molar-refractivity contribution in [1.29, 1.82) is 0 Å². The van der Waals surface area contributed by atoms with Crippen LogP contribution in [-0.2, 0) is 17.6 Å². The molecule has 0 radical (unpaired) electrons. The fourth-order valence-corrected chi connectivity index (χ4v) is 2.54. The van der Waals surface area contributed by atoms with Crippen molar-refractivity contribution in [3.63, 3.8) is 0 Å². The van der Waals surface area contributed by atoms with Crippen molar-refractivity contribution in [2.75, 3.05) is 6.61 Å². The van der Waals surface area contributed by atoms with Gasteiger partial charge in [-0.05, 0) is 43.4 Å². The van der Waals surface area contributed by atoms with Gasteiger partial charge in [-0.25, -0.2) is 0 Å². The van der Waals surface area contributed by atoms with Crippen LogP contribution in [-0.4, -0.2) is 12.4 Å². The van der Waals surface area contributed by atoms with Crippen molar-refractivity contribution >= 4 is 5.78 Å². The lowest BCUT2D eigenvalue weighted by Crippen LogP contribution is -2.14. The van der Waals surface area contributed by atoms with Crippen LogP contribution in [0, 0.1) is 5.41 Å². The molecule has 1 saturated carbocycles. The summed E-state index contributed by atoms with van der Waals surface area (Å²) in [6, 6.07) is 6.37. The molecule has 1 aromatic carbocycles. The maximum Gasteiger partial charge on any atom is 0.136 e. The summed E-state index contributed by atoms with van der Waals surface area (Å²) in [6.45, 7) is 2.53. The maximum absolute atomic E-state index is 11.5. The maximum atomic E-state index is 11.5. The minimum atomic E-state index is -0.0201. The molecule has 0 atom stereocenters. The van der Waals surface area contributed by atoms with E-state index in [1.807, 2.05) is 6.07 Å². The predicted octanol–water partition coefficient (Wildman–Crippen LogP) is 2.53. The molecule has 1 aliphatic heterocycles. The third-order valence-electron chi connectivity index (χ3n) is 3.90. The van der Waals surface area contributed by atoms with Crippen LogP contribution in [0.25, 0.3) is 0 Å². The average molecular weight is 216 g/mol. The van der Waals surface area contributed by atoms with Crippen LogP contribution in [0.4, 0.5) is 0 Å². The van der Waals surface area contributed by atoms with Crippen LogP contribution in [0.5, 0.6) is 5.75 Å². The topological polar surface area (TPSA) is 26.3 Å². The number of rotatable bonds is 3. The summed E-state index contributed by atoms with van der Waals surface area (Å²) in [6.07, 6.45) is 4.05. The summed E-state index contributed by atoms with van der Waals surface area (Å²) in [5.74, 6) is 1.38. The van der Waals surface area contributed by atoms with Crippen molar-refractivity contribution in [3.05, 3.63) is 29.3 Å². The molecule has 1 fully saturated rings. The van der Waals surface area contributed by atoms with Crippen molar-refractivity contribution in [3.8, 4) is 5.75 Å². The first kappa shape index (κ1) is 9.88. The molecule has 3 rings (SSSR count).